The van der Waals surface area contributed by atoms with Crippen molar-refractivity contribution < 1.29 is 8.42 Å². The SMILES string of the molecule is Cc1cccc(Cn2ncc(S(=O)(=O)Cl)c2C)c1. The van der Waals surface area contributed by atoms with Crippen LogP contribution in [0.15, 0.2) is 35.4 Å². The normalized spacial score (nSPS) is 11.7. The molecule has 96 valence electrons. The highest BCUT2D eigenvalue weighted by Gasteiger charge is 2.17. The Labute approximate surface area is 111 Å². The molecule has 0 aliphatic heterocycles. The molecule has 6 heteroatoms. The number of aryl methyl sites for hydroxylation is 1. The van der Waals surface area contributed by atoms with Crippen molar-refractivity contribution in [2.75, 3.05) is 0 Å². The summed E-state index contributed by atoms with van der Waals surface area (Å²) in [5.74, 6) is 0. The lowest BCUT2D eigenvalue weighted by molar-refractivity contribution is 0.607. The predicted octanol–water partition coefficient (Wildman–Crippen LogP) is 2.48. The van der Waals surface area contributed by atoms with Crippen molar-refractivity contribution in [3.63, 3.8) is 0 Å². The smallest absolute Gasteiger partial charge is 0.264 e. The lowest BCUT2D eigenvalue weighted by Crippen LogP contribution is -2.05. The minimum atomic E-state index is -3.72. The van der Waals surface area contributed by atoms with Gasteiger partial charge in [-0.25, -0.2) is 8.42 Å². The van der Waals surface area contributed by atoms with Gasteiger partial charge in [0, 0.05) is 10.7 Å². The molecule has 1 aromatic heterocycles. The third-order valence-corrected chi connectivity index (χ3v) is 4.16. The lowest BCUT2D eigenvalue weighted by Gasteiger charge is -2.05. The molecule has 1 heterocycles. The summed E-state index contributed by atoms with van der Waals surface area (Å²) in [5.41, 5.74) is 2.77. The largest absolute Gasteiger partial charge is 0.264 e. The van der Waals surface area contributed by atoms with Gasteiger partial charge in [0.1, 0.15) is 4.90 Å². The van der Waals surface area contributed by atoms with Crippen LogP contribution in [0, 0.1) is 13.8 Å². The van der Waals surface area contributed by atoms with E-state index < -0.39 is 9.05 Å². The Morgan fingerprint density at radius 2 is 2.06 bits per heavy atom. The highest BCUT2D eigenvalue weighted by molar-refractivity contribution is 8.13. The number of benzene rings is 1. The zero-order valence-corrected chi connectivity index (χ0v) is 11.7. The number of nitrogens with zero attached hydrogens (tertiary/aromatic N) is 2. The third-order valence-electron chi connectivity index (χ3n) is 2.74. The standard InChI is InChI=1S/C12H13ClN2O2S/c1-9-4-3-5-11(6-9)8-15-10(2)12(7-14-15)18(13,16)17/h3-7H,8H2,1-2H3. The first-order valence-corrected chi connectivity index (χ1v) is 7.71. The van der Waals surface area contributed by atoms with Crippen molar-refractivity contribution in [2.45, 2.75) is 25.3 Å². The van der Waals surface area contributed by atoms with Gasteiger partial charge in [0.2, 0.25) is 0 Å². The van der Waals surface area contributed by atoms with Crippen LogP contribution in [0.2, 0.25) is 0 Å². The second-order valence-corrected chi connectivity index (χ2v) is 6.71. The average molecular weight is 285 g/mol. The van der Waals surface area contributed by atoms with E-state index in [-0.39, 0.29) is 4.90 Å². The molecule has 0 aliphatic rings. The number of rotatable bonds is 3. The van der Waals surface area contributed by atoms with Crippen LogP contribution < -0.4 is 0 Å². The van der Waals surface area contributed by atoms with Crippen LogP contribution in [0.3, 0.4) is 0 Å². The molecule has 2 rings (SSSR count). The van der Waals surface area contributed by atoms with Crippen LogP contribution in [0.25, 0.3) is 0 Å². The summed E-state index contributed by atoms with van der Waals surface area (Å²) in [4.78, 5) is 0.0665. The molecule has 1 aromatic carbocycles. The fraction of sp³-hybridized carbons (Fsp3) is 0.250. The minimum Gasteiger partial charge on any atom is -0.264 e. The molecule has 0 spiro atoms. The molecule has 0 fully saturated rings. The van der Waals surface area contributed by atoms with Gasteiger partial charge in [0.25, 0.3) is 9.05 Å². The molecule has 0 N–H and O–H groups in total. The molecule has 0 amide bonds. The van der Waals surface area contributed by atoms with Crippen LogP contribution in [0.5, 0.6) is 0 Å². The first-order chi connectivity index (χ1) is 8.38. The Bertz CT molecular complexity index is 677. The Hall–Kier alpha value is -1.33. The van der Waals surface area contributed by atoms with Crippen molar-refractivity contribution in [1.29, 1.82) is 0 Å². The maximum absolute atomic E-state index is 11.3. The highest BCUT2D eigenvalue weighted by Crippen LogP contribution is 2.19. The first-order valence-electron chi connectivity index (χ1n) is 5.40. The highest BCUT2D eigenvalue weighted by atomic mass is 35.7. The Balaban J connectivity index is 2.34. The summed E-state index contributed by atoms with van der Waals surface area (Å²) in [6.45, 7) is 4.23. The predicted molar refractivity (Wildman–Crippen MR) is 70.3 cm³/mol. The molecule has 0 saturated carbocycles. The van der Waals surface area contributed by atoms with Gasteiger partial charge in [-0.2, -0.15) is 5.10 Å². The quantitative estimate of drug-likeness (QED) is 0.814. The van der Waals surface area contributed by atoms with E-state index in [2.05, 4.69) is 5.10 Å². The third kappa shape index (κ3) is 2.73. The summed E-state index contributed by atoms with van der Waals surface area (Å²) in [6, 6.07) is 7.98. The Morgan fingerprint density at radius 1 is 1.33 bits per heavy atom. The summed E-state index contributed by atoms with van der Waals surface area (Å²) >= 11 is 0. The number of halogens is 1. The first kappa shape index (κ1) is 13.1. The van der Waals surface area contributed by atoms with Gasteiger partial charge in [-0.1, -0.05) is 29.8 Å². The van der Waals surface area contributed by atoms with Crippen molar-refractivity contribution in [2.24, 2.45) is 0 Å². The van der Waals surface area contributed by atoms with Gasteiger partial charge >= 0.3 is 0 Å². The summed E-state index contributed by atoms with van der Waals surface area (Å²) in [5, 5.41) is 4.06. The van der Waals surface area contributed by atoms with Crippen LogP contribution in [0.1, 0.15) is 16.8 Å². The fourth-order valence-corrected chi connectivity index (χ4v) is 2.90. The van der Waals surface area contributed by atoms with E-state index in [1.165, 1.54) is 6.20 Å². The number of hydrogen-bond donors (Lipinski definition) is 0. The Kier molecular flexibility index (Phi) is 3.45. The molecule has 2 aromatic rings. The maximum Gasteiger partial charge on any atom is 0.264 e. The molecule has 18 heavy (non-hydrogen) atoms. The number of aromatic nitrogens is 2. The summed E-state index contributed by atoms with van der Waals surface area (Å²) < 4.78 is 24.2. The van der Waals surface area contributed by atoms with Gasteiger partial charge in [-0.3, -0.25) is 4.68 Å². The molecule has 0 atom stereocenters. The second-order valence-electron chi connectivity index (χ2n) is 4.18. The molecule has 0 saturated heterocycles. The zero-order valence-electron chi connectivity index (χ0n) is 10.1. The van der Waals surface area contributed by atoms with E-state index in [1.54, 1.807) is 11.6 Å². The van der Waals surface area contributed by atoms with E-state index >= 15 is 0 Å². The molecule has 0 radical (unpaired) electrons. The summed E-state index contributed by atoms with van der Waals surface area (Å²) in [7, 11) is 1.60. The van der Waals surface area contributed by atoms with Crippen molar-refractivity contribution in [3.8, 4) is 0 Å². The minimum absolute atomic E-state index is 0.0665. The second kappa shape index (κ2) is 4.74. The van der Waals surface area contributed by atoms with Gasteiger partial charge in [-0.05, 0) is 19.4 Å². The van der Waals surface area contributed by atoms with Crippen LogP contribution in [0.4, 0.5) is 0 Å². The molecular formula is C12H13ClN2O2S. The Morgan fingerprint density at radius 3 is 2.61 bits per heavy atom. The molecule has 0 bridgehead atoms. The van der Waals surface area contributed by atoms with E-state index in [0.29, 0.717) is 12.2 Å². The maximum atomic E-state index is 11.3. The molecule has 4 nitrogen and oxygen atoms in total. The van der Waals surface area contributed by atoms with Crippen molar-refractivity contribution in [3.05, 3.63) is 47.3 Å². The van der Waals surface area contributed by atoms with Crippen molar-refractivity contribution >= 4 is 19.7 Å². The lowest BCUT2D eigenvalue weighted by atomic mass is 10.1. The molecule has 0 unspecified atom stereocenters. The van der Waals surface area contributed by atoms with Crippen LogP contribution in [-0.4, -0.2) is 18.2 Å². The van der Waals surface area contributed by atoms with E-state index in [1.807, 2.05) is 31.2 Å². The van der Waals surface area contributed by atoms with Gasteiger partial charge in [-0.15, -0.1) is 0 Å². The average Bonchev–Trinajstić information content (AvgIpc) is 2.60. The molecule has 0 aliphatic carbocycles. The van der Waals surface area contributed by atoms with E-state index in [0.717, 1.165) is 11.1 Å². The van der Waals surface area contributed by atoms with Crippen molar-refractivity contribution in [1.82, 2.24) is 9.78 Å². The number of hydrogen-bond acceptors (Lipinski definition) is 3. The fourth-order valence-electron chi connectivity index (χ4n) is 1.81. The summed E-state index contributed by atoms with van der Waals surface area (Å²) in [6.07, 6.45) is 1.29. The van der Waals surface area contributed by atoms with E-state index in [4.69, 9.17) is 10.7 Å². The van der Waals surface area contributed by atoms with Gasteiger partial charge in [0.05, 0.1) is 18.4 Å². The van der Waals surface area contributed by atoms with Crippen LogP contribution >= 0.6 is 10.7 Å². The van der Waals surface area contributed by atoms with Gasteiger partial charge in [0.15, 0.2) is 0 Å². The van der Waals surface area contributed by atoms with Crippen LogP contribution in [-0.2, 0) is 15.6 Å². The molecular weight excluding hydrogens is 272 g/mol. The van der Waals surface area contributed by atoms with E-state index in [9.17, 15) is 8.42 Å². The zero-order chi connectivity index (χ0) is 13.3. The monoisotopic (exact) mass is 284 g/mol. The van der Waals surface area contributed by atoms with Gasteiger partial charge < -0.3 is 0 Å². The topological polar surface area (TPSA) is 52.0 Å².